The monoisotopic (exact) mass is 419 g/mol. The van der Waals surface area contributed by atoms with E-state index in [-0.39, 0.29) is 5.92 Å². The second-order valence-corrected chi connectivity index (χ2v) is 8.38. The van der Waals surface area contributed by atoms with E-state index in [1.807, 2.05) is 30.3 Å². The van der Waals surface area contributed by atoms with Gasteiger partial charge in [-0.1, -0.05) is 62.2 Å². The number of likely N-dealkylation sites (tertiary alicyclic amines) is 1. The summed E-state index contributed by atoms with van der Waals surface area (Å²) >= 11 is 0. The highest BCUT2D eigenvalue weighted by Gasteiger charge is 2.32. The molecule has 1 N–H and O–H groups in total. The quantitative estimate of drug-likeness (QED) is 0.510. The first-order valence-corrected chi connectivity index (χ1v) is 11.0. The molecule has 4 rings (SSSR count). The van der Waals surface area contributed by atoms with Crippen LogP contribution in [0.2, 0.25) is 0 Å². The lowest BCUT2D eigenvalue weighted by Gasteiger charge is -2.36. The van der Waals surface area contributed by atoms with Crippen LogP contribution in [-0.4, -0.2) is 39.3 Å². The molecule has 0 aliphatic carbocycles. The Morgan fingerprint density at radius 2 is 1.87 bits per heavy atom. The van der Waals surface area contributed by atoms with E-state index in [1.54, 1.807) is 0 Å². The van der Waals surface area contributed by atoms with Crippen molar-refractivity contribution in [2.24, 2.45) is 5.92 Å². The van der Waals surface area contributed by atoms with E-state index >= 15 is 0 Å². The number of unbranched alkanes of at least 4 members (excludes halogenated alkanes) is 1. The number of rotatable bonds is 10. The van der Waals surface area contributed by atoms with Crippen LogP contribution in [0.4, 0.5) is 0 Å². The number of aliphatic carboxylic acids is 1. The number of carbonyl (C=O) groups is 1. The predicted molar refractivity (Wildman–Crippen MR) is 119 cm³/mol. The van der Waals surface area contributed by atoms with Gasteiger partial charge in [-0.3, -0.25) is 9.69 Å². The van der Waals surface area contributed by atoms with Gasteiger partial charge in [0.15, 0.2) is 0 Å². The summed E-state index contributed by atoms with van der Waals surface area (Å²) in [6, 6.07) is 18.6. The summed E-state index contributed by atoms with van der Waals surface area (Å²) in [5.74, 6) is 0.655. The molecule has 0 bridgehead atoms. The fraction of sp³-hybridized carbons (Fsp3) is 0.400. The molecule has 0 spiro atoms. The van der Waals surface area contributed by atoms with Crippen molar-refractivity contribution in [3.8, 4) is 11.5 Å². The van der Waals surface area contributed by atoms with Crippen LogP contribution in [0.3, 0.4) is 0 Å². The Morgan fingerprint density at radius 1 is 1.13 bits per heavy atom. The van der Waals surface area contributed by atoms with E-state index in [0.29, 0.717) is 30.8 Å². The van der Waals surface area contributed by atoms with Crippen LogP contribution in [0.25, 0.3) is 11.5 Å². The summed E-state index contributed by atoms with van der Waals surface area (Å²) in [7, 11) is 0. The second-order valence-electron chi connectivity index (χ2n) is 8.38. The van der Waals surface area contributed by atoms with Crippen molar-refractivity contribution in [2.75, 3.05) is 13.1 Å². The lowest BCUT2D eigenvalue weighted by atomic mass is 9.91. The molecule has 1 aliphatic rings. The van der Waals surface area contributed by atoms with E-state index in [1.165, 1.54) is 18.4 Å². The highest BCUT2D eigenvalue weighted by molar-refractivity contribution is 5.71. The predicted octanol–water partition coefficient (Wildman–Crippen LogP) is 4.77. The Morgan fingerprint density at radius 3 is 2.55 bits per heavy atom. The summed E-state index contributed by atoms with van der Waals surface area (Å²) in [5.41, 5.74) is 3.37. The smallest absolute Gasteiger partial charge is 0.309 e. The Labute approximate surface area is 182 Å². The normalized spacial score (nSPS) is 15.5. The van der Waals surface area contributed by atoms with Crippen LogP contribution in [-0.2, 0) is 17.8 Å². The summed E-state index contributed by atoms with van der Waals surface area (Å²) in [6.45, 7) is 4.20. The maximum absolute atomic E-state index is 10.9. The van der Waals surface area contributed by atoms with E-state index in [9.17, 15) is 4.79 Å². The number of aromatic nitrogens is 2. The highest BCUT2D eigenvalue weighted by Crippen LogP contribution is 2.28. The number of benzene rings is 2. The summed E-state index contributed by atoms with van der Waals surface area (Å²) in [6.07, 6.45) is 4.19. The van der Waals surface area contributed by atoms with E-state index < -0.39 is 5.97 Å². The van der Waals surface area contributed by atoms with Crippen LogP contribution in [0.1, 0.15) is 49.1 Å². The maximum Gasteiger partial charge on any atom is 0.309 e. The summed E-state index contributed by atoms with van der Waals surface area (Å²) in [5, 5.41) is 17.6. The van der Waals surface area contributed by atoms with Crippen molar-refractivity contribution in [1.29, 1.82) is 0 Å². The topological polar surface area (TPSA) is 79.5 Å². The third kappa shape index (κ3) is 5.39. The first-order chi connectivity index (χ1) is 15.1. The lowest BCUT2D eigenvalue weighted by molar-refractivity contribution is -0.147. The molecule has 0 radical (unpaired) electrons. The summed E-state index contributed by atoms with van der Waals surface area (Å²) < 4.78 is 6.00. The molecular weight excluding hydrogens is 390 g/mol. The van der Waals surface area contributed by atoms with Crippen molar-refractivity contribution in [1.82, 2.24) is 15.1 Å². The fourth-order valence-electron chi connectivity index (χ4n) is 4.09. The minimum atomic E-state index is -0.706. The van der Waals surface area contributed by atoms with E-state index in [0.717, 1.165) is 30.5 Å². The molecule has 1 aliphatic heterocycles. The third-order valence-corrected chi connectivity index (χ3v) is 5.98. The molecule has 3 aromatic rings. The van der Waals surface area contributed by atoms with Gasteiger partial charge in [-0.15, -0.1) is 10.2 Å². The van der Waals surface area contributed by atoms with Gasteiger partial charge in [-0.2, -0.15) is 0 Å². The molecule has 0 saturated carbocycles. The van der Waals surface area contributed by atoms with Crippen LogP contribution in [0, 0.1) is 5.92 Å². The molecule has 0 amide bonds. The lowest BCUT2D eigenvalue weighted by Crippen LogP contribution is -2.49. The van der Waals surface area contributed by atoms with Gasteiger partial charge in [0.25, 0.3) is 0 Å². The Kier molecular flexibility index (Phi) is 6.77. The molecule has 1 saturated heterocycles. The first-order valence-electron chi connectivity index (χ1n) is 11.0. The molecule has 1 fully saturated rings. The Bertz CT molecular complexity index is 979. The molecule has 2 heterocycles. The van der Waals surface area contributed by atoms with Gasteiger partial charge in [0, 0.05) is 31.6 Å². The van der Waals surface area contributed by atoms with Gasteiger partial charge < -0.3 is 9.52 Å². The highest BCUT2D eigenvalue weighted by atomic mass is 16.4. The van der Waals surface area contributed by atoms with Crippen molar-refractivity contribution in [3.63, 3.8) is 0 Å². The van der Waals surface area contributed by atoms with Crippen molar-refractivity contribution < 1.29 is 14.3 Å². The van der Waals surface area contributed by atoms with Gasteiger partial charge >= 0.3 is 5.97 Å². The molecular formula is C25H29N3O3. The minimum Gasteiger partial charge on any atom is -0.481 e. The van der Waals surface area contributed by atoms with Gasteiger partial charge in [-0.25, -0.2) is 0 Å². The Hall–Kier alpha value is -2.99. The van der Waals surface area contributed by atoms with Gasteiger partial charge in [0.05, 0.1) is 5.92 Å². The first kappa shape index (κ1) is 21.2. The van der Waals surface area contributed by atoms with Gasteiger partial charge in [-0.05, 0) is 35.6 Å². The van der Waals surface area contributed by atoms with Crippen LogP contribution < -0.4 is 0 Å². The van der Waals surface area contributed by atoms with Crippen molar-refractivity contribution >= 4 is 5.97 Å². The maximum atomic E-state index is 10.9. The minimum absolute atomic E-state index is 0.229. The third-order valence-electron chi connectivity index (χ3n) is 5.98. The molecule has 1 aromatic heterocycles. The van der Waals surface area contributed by atoms with Crippen LogP contribution in [0.5, 0.6) is 0 Å². The van der Waals surface area contributed by atoms with Crippen molar-refractivity contribution in [3.05, 3.63) is 71.6 Å². The fourth-order valence-corrected chi connectivity index (χ4v) is 4.09. The molecule has 31 heavy (non-hydrogen) atoms. The SMILES string of the molecule is CCCCC(Cc1nnc(-c2ccc(CN3CC(C(=O)O)C3)cc2)o1)c1ccccc1. The molecule has 2 aromatic carbocycles. The number of carboxylic acid groups (broad SMARTS) is 1. The van der Waals surface area contributed by atoms with Crippen LogP contribution >= 0.6 is 0 Å². The molecule has 1 unspecified atom stereocenters. The zero-order chi connectivity index (χ0) is 21.6. The molecule has 6 heteroatoms. The molecule has 162 valence electrons. The molecule has 1 atom stereocenters. The van der Waals surface area contributed by atoms with Crippen LogP contribution in [0.15, 0.2) is 59.0 Å². The number of hydrogen-bond acceptors (Lipinski definition) is 5. The second kappa shape index (κ2) is 9.88. The van der Waals surface area contributed by atoms with Crippen molar-refractivity contribution in [2.45, 2.75) is 45.1 Å². The van der Waals surface area contributed by atoms with E-state index in [2.05, 4.69) is 46.3 Å². The number of carboxylic acids is 1. The number of nitrogens with zero attached hydrogens (tertiary/aromatic N) is 3. The largest absolute Gasteiger partial charge is 0.481 e. The zero-order valence-electron chi connectivity index (χ0n) is 17.9. The van der Waals surface area contributed by atoms with E-state index in [4.69, 9.17) is 9.52 Å². The zero-order valence-corrected chi connectivity index (χ0v) is 17.9. The van der Waals surface area contributed by atoms with Gasteiger partial charge in [0.2, 0.25) is 11.8 Å². The average molecular weight is 420 g/mol. The standard InChI is InChI=1S/C25H29N3O3/c1-2-3-7-21(19-8-5-4-6-9-19)14-23-26-27-24(31-23)20-12-10-18(11-13-20)15-28-16-22(17-28)25(29)30/h4-6,8-13,21-22H,2-3,7,14-17H2,1H3,(H,29,30). The summed E-state index contributed by atoms with van der Waals surface area (Å²) in [4.78, 5) is 13.1. The average Bonchev–Trinajstić information content (AvgIpc) is 3.23. The van der Waals surface area contributed by atoms with Gasteiger partial charge in [0.1, 0.15) is 0 Å². The molecule has 6 nitrogen and oxygen atoms in total. The Balaban J connectivity index is 1.38. The number of hydrogen-bond donors (Lipinski definition) is 1.